The second kappa shape index (κ2) is 13.3. The number of rotatable bonds is 14. The summed E-state index contributed by atoms with van der Waals surface area (Å²) in [6, 6.07) is 3.95. The number of hydrogen-bond donors (Lipinski definition) is 0. The van der Waals surface area contributed by atoms with Gasteiger partial charge in [-0.15, -0.1) is 0 Å². The molecule has 1 aromatic rings. The lowest BCUT2D eigenvalue weighted by molar-refractivity contribution is 0.235. The summed E-state index contributed by atoms with van der Waals surface area (Å²) in [6.07, 6.45) is 12.6. The second-order valence-electron chi connectivity index (χ2n) is 8.74. The summed E-state index contributed by atoms with van der Waals surface area (Å²) in [6.45, 7) is 11.4. The Morgan fingerprint density at radius 2 is 1.37 bits per heavy atom. The van der Waals surface area contributed by atoms with Crippen molar-refractivity contribution in [1.29, 1.82) is 0 Å². The Bertz CT molecular complexity index is 491. The molecule has 2 heteroatoms. The maximum absolute atomic E-state index is 13.5. The summed E-state index contributed by atoms with van der Waals surface area (Å²) in [4.78, 5) is 0. The van der Waals surface area contributed by atoms with Crippen molar-refractivity contribution in [3.8, 4) is 0 Å². The minimum atomic E-state index is -0.464. The van der Waals surface area contributed by atoms with Crippen molar-refractivity contribution in [1.82, 2.24) is 0 Å². The zero-order chi connectivity index (χ0) is 20.2. The minimum Gasteiger partial charge on any atom is -0.207 e. The Hall–Kier alpha value is -0.920. The Balaban J connectivity index is 2.64. The molecule has 156 valence electrons. The molecule has 4 atom stereocenters. The van der Waals surface area contributed by atoms with Crippen LogP contribution in [0.2, 0.25) is 0 Å². The number of hydrogen-bond acceptors (Lipinski definition) is 0. The molecule has 0 fully saturated rings. The van der Waals surface area contributed by atoms with Gasteiger partial charge in [0, 0.05) is 6.07 Å². The molecule has 0 aliphatic rings. The van der Waals surface area contributed by atoms with Gasteiger partial charge in [-0.2, -0.15) is 0 Å². The standard InChI is InChI=1S/C25H42F2/c1-6-9-12-21(10-7-2)15-20(5)22(11-8-3)14-13-19(4)23-16-24(26)18-25(27)17-23/h16-22H,6-15H2,1-5H3. The van der Waals surface area contributed by atoms with Crippen LogP contribution in [0.25, 0.3) is 0 Å². The van der Waals surface area contributed by atoms with E-state index >= 15 is 0 Å². The van der Waals surface area contributed by atoms with Crippen LogP contribution in [0.4, 0.5) is 8.78 Å². The van der Waals surface area contributed by atoms with E-state index in [2.05, 4.69) is 34.6 Å². The molecule has 4 unspecified atom stereocenters. The molecular weight excluding hydrogens is 338 g/mol. The van der Waals surface area contributed by atoms with Gasteiger partial charge in [-0.25, -0.2) is 8.78 Å². The van der Waals surface area contributed by atoms with E-state index in [-0.39, 0.29) is 5.92 Å². The summed E-state index contributed by atoms with van der Waals surface area (Å²) in [7, 11) is 0. The van der Waals surface area contributed by atoms with Gasteiger partial charge in [0.05, 0.1) is 0 Å². The zero-order valence-corrected chi connectivity index (χ0v) is 18.4. The van der Waals surface area contributed by atoms with Crippen molar-refractivity contribution >= 4 is 0 Å². The third-order valence-electron chi connectivity index (χ3n) is 6.26. The van der Waals surface area contributed by atoms with Gasteiger partial charge in [-0.05, 0) is 60.6 Å². The molecule has 0 bridgehead atoms. The summed E-state index contributed by atoms with van der Waals surface area (Å²) >= 11 is 0. The molecule has 0 aliphatic carbocycles. The average molecular weight is 381 g/mol. The summed E-state index contributed by atoms with van der Waals surface area (Å²) in [5.74, 6) is 1.58. The Morgan fingerprint density at radius 3 is 1.93 bits per heavy atom. The first kappa shape index (κ1) is 24.1. The highest BCUT2D eigenvalue weighted by Crippen LogP contribution is 2.34. The van der Waals surface area contributed by atoms with Crippen LogP contribution in [-0.2, 0) is 0 Å². The van der Waals surface area contributed by atoms with Crippen LogP contribution in [0.1, 0.15) is 110 Å². The third-order valence-corrected chi connectivity index (χ3v) is 6.26. The summed E-state index contributed by atoms with van der Waals surface area (Å²) < 4.78 is 27.0. The van der Waals surface area contributed by atoms with E-state index in [1.165, 1.54) is 63.5 Å². The van der Waals surface area contributed by atoms with Crippen LogP contribution in [0.5, 0.6) is 0 Å². The van der Waals surface area contributed by atoms with E-state index in [1.807, 2.05) is 0 Å². The normalized spacial score (nSPS) is 16.1. The van der Waals surface area contributed by atoms with Crippen LogP contribution >= 0.6 is 0 Å². The summed E-state index contributed by atoms with van der Waals surface area (Å²) in [5.41, 5.74) is 0.794. The fourth-order valence-corrected chi connectivity index (χ4v) is 4.57. The van der Waals surface area contributed by atoms with E-state index in [0.717, 1.165) is 42.2 Å². The quantitative estimate of drug-likeness (QED) is 0.302. The molecule has 0 nitrogen and oxygen atoms in total. The molecule has 1 rings (SSSR count). The molecule has 0 amide bonds. The highest BCUT2D eigenvalue weighted by Gasteiger charge is 2.21. The fraction of sp³-hybridized carbons (Fsp3) is 0.760. The maximum atomic E-state index is 13.5. The van der Waals surface area contributed by atoms with E-state index in [4.69, 9.17) is 0 Å². The molecule has 0 aromatic heterocycles. The predicted molar refractivity (Wildman–Crippen MR) is 114 cm³/mol. The molecule has 0 N–H and O–H groups in total. The molecule has 0 aliphatic heterocycles. The van der Waals surface area contributed by atoms with Crippen molar-refractivity contribution in [2.24, 2.45) is 17.8 Å². The molecule has 0 heterocycles. The highest BCUT2D eigenvalue weighted by atomic mass is 19.1. The van der Waals surface area contributed by atoms with Crippen LogP contribution in [0.3, 0.4) is 0 Å². The van der Waals surface area contributed by atoms with Gasteiger partial charge < -0.3 is 0 Å². The van der Waals surface area contributed by atoms with Gasteiger partial charge in [0.1, 0.15) is 11.6 Å². The van der Waals surface area contributed by atoms with Gasteiger partial charge in [-0.3, -0.25) is 0 Å². The van der Waals surface area contributed by atoms with Crippen molar-refractivity contribution < 1.29 is 8.78 Å². The van der Waals surface area contributed by atoms with Crippen molar-refractivity contribution in [2.45, 2.75) is 105 Å². The van der Waals surface area contributed by atoms with Crippen molar-refractivity contribution in [3.05, 3.63) is 35.4 Å². The smallest absolute Gasteiger partial charge is 0.126 e. The first-order valence-electron chi connectivity index (χ1n) is 11.4. The van der Waals surface area contributed by atoms with Gasteiger partial charge in [-0.1, -0.05) is 79.6 Å². The minimum absolute atomic E-state index is 0.202. The third kappa shape index (κ3) is 9.21. The van der Waals surface area contributed by atoms with E-state index in [1.54, 1.807) is 0 Å². The fourth-order valence-electron chi connectivity index (χ4n) is 4.57. The van der Waals surface area contributed by atoms with Crippen LogP contribution in [-0.4, -0.2) is 0 Å². The molecule has 0 saturated heterocycles. The Kier molecular flexibility index (Phi) is 11.9. The SMILES string of the molecule is CCCCC(CCC)CC(C)C(CCC)CCC(C)c1cc(F)cc(F)c1. The number of halogens is 2. The topological polar surface area (TPSA) is 0 Å². The molecule has 27 heavy (non-hydrogen) atoms. The van der Waals surface area contributed by atoms with E-state index in [9.17, 15) is 8.78 Å². The maximum Gasteiger partial charge on any atom is 0.126 e. The van der Waals surface area contributed by atoms with Crippen molar-refractivity contribution in [2.75, 3.05) is 0 Å². The summed E-state index contributed by atoms with van der Waals surface area (Å²) in [5, 5.41) is 0. The van der Waals surface area contributed by atoms with Crippen LogP contribution in [0, 0.1) is 29.4 Å². The molecule has 0 radical (unpaired) electrons. The zero-order valence-electron chi connectivity index (χ0n) is 18.4. The van der Waals surface area contributed by atoms with Gasteiger partial charge >= 0.3 is 0 Å². The first-order valence-corrected chi connectivity index (χ1v) is 11.4. The monoisotopic (exact) mass is 380 g/mol. The van der Waals surface area contributed by atoms with Crippen LogP contribution in [0.15, 0.2) is 18.2 Å². The molecular formula is C25H42F2. The largest absolute Gasteiger partial charge is 0.207 e. The van der Waals surface area contributed by atoms with Gasteiger partial charge in [0.2, 0.25) is 0 Å². The van der Waals surface area contributed by atoms with E-state index in [0.29, 0.717) is 0 Å². The first-order chi connectivity index (χ1) is 12.9. The average Bonchev–Trinajstić information content (AvgIpc) is 2.62. The molecule has 0 spiro atoms. The number of benzene rings is 1. The molecule has 0 saturated carbocycles. The molecule has 1 aromatic carbocycles. The Labute approximate surface area is 167 Å². The Morgan fingerprint density at radius 1 is 0.741 bits per heavy atom. The highest BCUT2D eigenvalue weighted by molar-refractivity contribution is 5.21. The number of unbranched alkanes of at least 4 members (excludes halogenated alkanes) is 1. The lowest BCUT2D eigenvalue weighted by Gasteiger charge is -2.29. The van der Waals surface area contributed by atoms with Crippen molar-refractivity contribution in [3.63, 3.8) is 0 Å². The lowest BCUT2D eigenvalue weighted by atomic mass is 9.77. The van der Waals surface area contributed by atoms with Gasteiger partial charge in [0.25, 0.3) is 0 Å². The van der Waals surface area contributed by atoms with Gasteiger partial charge in [0.15, 0.2) is 0 Å². The van der Waals surface area contributed by atoms with Crippen LogP contribution < -0.4 is 0 Å². The van der Waals surface area contributed by atoms with E-state index < -0.39 is 11.6 Å². The lowest BCUT2D eigenvalue weighted by Crippen LogP contribution is -2.17. The second-order valence-corrected chi connectivity index (χ2v) is 8.74. The predicted octanol–water partition coefficient (Wildman–Crippen LogP) is 8.90.